The number of nitrogens with zero attached hydrogens (tertiary/aromatic N) is 2. The predicted octanol–water partition coefficient (Wildman–Crippen LogP) is 3.68. The van der Waals surface area contributed by atoms with Crippen molar-refractivity contribution in [2.75, 3.05) is 5.32 Å². The van der Waals surface area contributed by atoms with Gasteiger partial charge in [-0.2, -0.15) is 0 Å². The quantitative estimate of drug-likeness (QED) is 0.898. The lowest BCUT2D eigenvalue weighted by Crippen LogP contribution is -2.21. The van der Waals surface area contributed by atoms with Crippen LogP contribution in [0.15, 0.2) is 52.4 Å². The average molecular weight is 323 g/mol. The van der Waals surface area contributed by atoms with Gasteiger partial charge in [0.1, 0.15) is 17.4 Å². The molecule has 1 aliphatic rings. The van der Waals surface area contributed by atoms with Crippen molar-refractivity contribution >= 4 is 6.01 Å². The molecule has 0 bridgehead atoms. The number of rotatable bonds is 4. The molecule has 1 aliphatic carbocycles. The zero-order chi connectivity index (χ0) is 16.4. The topological polar surface area (TPSA) is 71.2 Å². The summed E-state index contributed by atoms with van der Waals surface area (Å²) in [7, 11) is 0. The molecule has 120 valence electrons. The molecule has 23 heavy (non-hydrogen) atoms. The number of halogens is 3. The van der Waals surface area contributed by atoms with Gasteiger partial charge in [0.15, 0.2) is 0 Å². The Balaban J connectivity index is 1.70. The van der Waals surface area contributed by atoms with Crippen LogP contribution in [0.25, 0.3) is 0 Å². The first kappa shape index (κ1) is 15.1. The highest BCUT2D eigenvalue weighted by Crippen LogP contribution is 2.38. The molecule has 0 spiro atoms. The molecule has 1 aromatic carbocycles. The maximum absolute atomic E-state index is 14.6. The highest BCUT2D eigenvalue weighted by Gasteiger charge is 2.39. The first-order chi connectivity index (χ1) is 11.0. The number of anilines is 1. The van der Waals surface area contributed by atoms with E-state index in [9.17, 15) is 13.2 Å². The number of aliphatic hydroxyl groups excluding tert-OH is 1. The van der Waals surface area contributed by atoms with E-state index in [0.29, 0.717) is 5.56 Å². The number of allylic oxidation sites excluding steroid dienone is 3. The summed E-state index contributed by atoms with van der Waals surface area (Å²) in [5.41, 5.74) is -1.68. The minimum atomic E-state index is -2.32. The first-order valence-electron chi connectivity index (χ1n) is 6.74. The molecular formula is C15H12F3N3O2. The van der Waals surface area contributed by atoms with Gasteiger partial charge in [-0.1, -0.05) is 17.2 Å². The minimum Gasteiger partial charge on any atom is -0.505 e. The van der Waals surface area contributed by atoms with Gasteiger partial charge in [-0.25, -0.2) is 13.2 Å². The molecule has 2 aromatic rings. The van der Waals surface area contributed by atoms with Gasteiger partial charge in [-0.05, 0) is 29.8 Å². The second-order valence-electron chi connectivity index (χ2n) is 5.06. The van der Waals surface area contributed by atoms with Crippen LogP contribution in [0.3, 0.4) is 0 Å². The van der Waals surface area contributed by atoms with E-state index in [0.717, 1.165) is 12.2 Å². The first-order valence-corrected chi connectivity index (χ1v) is 6.74. The van der Waals surface area contributed by atoms with Crippen LogP contribution >= 0.6 is 0 Å². The lowest BCUT2D eigenvalue weighted by atomic mass is 9.96. The van der Waals surface area contributed by atoms with Crippen LogP contribution in [-0.2, 0) is 12.2 Å². The molecule has 0 radical (unpaired) electrons. The van der Waals surface area contributed by atoms with Crippen LogP contribution in [0.5, 0.6) is 0 Å². The Labute approximate surface area is 129 Å². The average Bonchev–Trinajstić information content (AvgIpc) is 2.99. The van der Waals surface area contributed by atoms with Crippen molar-refractivity contribution in [2.24, 2.45) is 0 Å². The maximum atomic E-state index is 14.6. The van der Waals surface area contributed by atoms with Gasteiger partial charge in [0.25, 0.3) is 5.89 Å². The number of hydrogen-bond donors (Lipinski definition) is 2. The van der Waals surface area contributed by atoms with Crippen LogP contribution in [-0.4, -0.2) is 15.3 Å². The number of benzene rings is 1. The molecule has 1 aromatic heterocycles. The van der Waals surface area contributed by atoms with E-state index in [1.807, 2.05) is 0 Å². The van der Waals surface area contributed by atoms with Crippen molar-refractivity contribution in [2.45, 2.75) is 18.6 Å². The monoisotopic (exact) mass is 323 g/mol. The number of alkyl halides is 1. The molecule has 1 unspecified atom stereocenters. The molecule has 1 atom stereocenters. The van der Waals surface area contributed by atoms with Gasteiger partial charge in [-0.3, -0.25) is 0 Å². The normalized spacial score (nSPS) is 20.8. The maximum Gasteiger partial charge on any atom is 0.315 e. The lowest BCUT2D eigenvalue weighted by Gasteiger charge is -2.19. The third-order valence-corrected chi connectivity index (χ3v) is 3.31. The van der Waals surface area contributed by atoms with Crippen LogP contribution in [0.1, 0.15) is 17.9 Å². The van der Waals surface area contributed by atoms with E-state index < -0.39 is 29.6 Å². The third kappa shape index (κ3) is 3.20. The van der Waals surface area contributed by atoms with E-state index in [4.69, 9.17) is 9.52 Å². The Morgan fingerprint density at radius 3 is 2.87 bits per heavy atom. The molecule has 8 heteroatoms. The van der Waals surface area contributed by atoms with E-state index in [1.54, 1.807) is 12.1 Å². The SMILES string of the molecule is OC1=C(F)CC(F)(c2nnc(NCc3cccc(F)c3)o2)C=C1. The van der Waals surface area contributed by atoms with Crippen LogP contribution in [0.4, 0.5) is 19.2 Å². The fourth-order valence-corrected chi connectivity index (χ4v) is 2.11. The zero-order valence-electron chi connectivity index (χ0n) is 11.8. The van der Waals surface area contributed by atoms with Crippen molar-refractivity contribution in [1.29, 1.82) is 0 Å². The van der Waals surface area contributed by atoms with Gasteiger partial charge in [-0.15, -0.1) is 5.10 Å². The zero-order valence-corrected chi connectivity index (χ0v) is 11.8. The van der Waals surface area contributed by atoms with Crippen molar-refractivity contribution in [3.63, 3.8) is 0 Å². The van der Waals surface area contributed by atoms with Crippen molar-refractivity contribution < 1.29 is 22.7 Å². The number of aromatic nitrogens is 2. The van der Waals surface area contributed by atoms with Gasteiger partial charge in [0, 0.05) is 6.54 Å². The molecule has 1 heterocycles. The summed E-state index contributed by atoms with van der Waals surface area (Å²) in [6.07, 6.45) is 1.14. The molecular weight excluding hydrogens is 311 g/mol. The number of hydrogen-bond acceptors (Lipinski definition) is 5. The molecule has 3 rings (SSSR count). The predicted molar refractivity (Wildman–Crippen MR) is 75.3 cm³/mol. The fraction of sp³-hybridized carbons (Fsp3) is 0.200. The second kappa shape index (κ2) is 5.79. The van der Waals surface area contributed by atoms with Crippen LogP contribution < -0.4 is 5.32 Å². The highest BCUT2D eigenvalue weighted by molar-refractivity contribution is 5.30. The summed E-state index contributed by atoms with van der Waals surface area (Å²) in [4.78, 5) is 0. The van der Waals surface area contributed by atoms with Gasteiger partial charge < -0.3 is 14.8 Å². The lowest BCUT2D eigenvalue weighted by molar-refractivity contribution is 0.163. The van der Waals surface area contributed by atoms with Crippen molar-refractivity contribution in [3.05, 3.63) is 65.3 Å². The largest absolute Gasteiger partial charge is 0.505 e. The Hall–Kier alpha value is -2.77. The van der Waals surface area contributed by atoms with E-state index in [2.05, 4.69) is 15.5 Å². The third-order valence-electron chi connectivity index (χ3n) is 3.31. The van der Waals surface area contributed by atoms with Crippen molar-refractivity contribution in [1.82, 2.24) is 10.2 Å². The molecule has 0 saturated heterocycles. The fourth-order valence-electron chi connectivity index (χ4n) is 2.11. The molecule has 5 nitrogen and oxygen atoms in total. The summed E-state index contributed by atoms with van der Waals surface area (Å²) in [5, 5.41) is 19.0. The molecule has 0 aliphatic heterocycles. The van der Waals surface area contributed by atoms with E-state index >= 15 is 0 Å². The molecule has 0 fully saturated rings. The smallest absolute Gasteiger partial charge is 0.315 e. The van der Waals surface area contributed by atoms with E-state index in [-0.39, 0.29) is 18.4 Å². The number of nitrogens with one attached hydrogen (secondary N) is 1. The van der Waals surface area contributed by atoms with Crippen molar-refractivity contribution in [3.8, 4) is 0 Å². The van der Waals surface area contributed by atoms with Gasteiger partial charge >= 0.3 is 6.01 Å². The van der Waals surface area contributed by atoms with Gasteiger partial charge in [0.05, 0.1) is 6.42 Å². The van der Waals surface area contributed by atoms with Gasteiger partial charge in [0.2, 0.25) is 5.67 Å². The summed E-state index contributed by atoms with van der Waals surface area (Å²) in [6, 6.07) is 5.81. The Kier molecular flexibility index (Phi) is 3.81. The highest BCUT2D eigenvalue weighted by atomic mass is 19.2. The Morgan fingerprint density at radius 1 is 1.30 bits per heavy atom. The second-order valence-corrected chi connectivity index (χ2v) is 5.06. The molecule has 0 saturated carbocycles. The Bertz CT molecular complexity index is 788. The standard InChI is InChI=1S/C15H12F3N3O2/c16-10-3-1-2-9(6-10)8-19-14-21-20-13(23-14)15(18)5-4-12(22)11(17)7-15/h1-6,22H,7-8H2,(H,19,21). The summed E-state index contributed by atoms with van der Waals surface area (Å²) >= 11 is 0. The van der Waals surface area contributed by atoms with Crippen LogP contribution in [0.2, 0.25) is 0 Å². The summed E-state index contributed by atoms with van der Waals surface area (Å²) in [5.74, 6) is -2.43. The summed E-state index contributed by atoms with van der Waals surface area (Å²) in [6.45, 7) is 0.198. The van der Waals surface area contributed by atoms with E-state index in [1.165, 1.54) is 12.1 Å². The molecule has 2 N–H and O–H groups in total. The minimum absolute atomic E-state index is 0.0751. The summed E-state index contributed by atoms with van der Waals surface area (Å²) < 4.78 is 46.2. The number of aliphatic hydroxyl groups is 1. The Morgan fingerprint density at radius 2 is 2.13 bits per heavy atom. The van der Waals surface area contributed by atoms with Crippen LogP contribution in [0, 0.1) is 5.82 Å². The molecule has 0 amide bonds.